The molecule has 0 radical (unpaired) electrons. The van der Waals surface area contributed by atoms with Crippen LogP contribution in [0.15, 0.2) is 12.5 Å². The second-order valence-corrected chi connectivity index (χ2v) is 4.00. The Bertz CT molecular complexity index is 591. The van der Waals surface area contributed by atoms with Crippen LogP contribution >= 0.6 is 0 Å². The number of carboxylic acids is 1. The number of rotatable bonds is 5. The van der Waals surface area contributed by atoms with Gasteiger partial charge in [-0.15, -0.1) is 5.10 Å². The third kappa shape index (κ3) is 2.46. The summed E-state index contributed by atoms with van der Waals surface area (Å²) in [5.41, 5.74) is 0.515. The van der Waals surface area contributed by atoms with Gasteiger partial charge < -0.3 is 19.9 Å². The zero-order chi connectivity index (χ0) is 14.0. The summed E-state index contributed by atoms with van der Waals surface area (Å²) in [7, 11) is 1.70. The summed E-state index contributed by atoms with van der Waals surface area (Å²) in [6.45, 7) is -0.510. The molecule has 1 unspecified atom stereocenters. The lowest BCUT2D eigenvalue weighted by molar-refractivity contribution is 0.0690. The molecule has 0 saturated carbocycles. The number of hydrogen-bond donors (Lipinski definition) is 3. The molecule has 9 nitrogen and oxygen atoms in total. The first kappa shape index (κ1) is 13.2. The van der Waals surface area contributed by atoms with E-state index >= 15 is 0 Å². The van der Waals surface area contributed by atoms with E-state index < -0.39 is 18.7 Å². The smallest absolute Gasteiger partial charge is 0.358 e. The lowest BCUT2D eigenvalue weighted by atomic mass is 10.2. The maximum atomic E-state index is 11.1. The minimum absolute atomic E-state index is 0.0582. The molecular formula is C10H13N5O4. The van der Waals surface area contributed by atoms with Crippen molar-refractivity contribution < 1.29 is 20.1 Å². The Kier molecular flexibility index (Phi) is 3.58. The number of carboxylic acid groups (broad SMARTS) is 1. The predicted molar refractivity (Wildman–Crippen MR) is 62.3 cm³/mol. The van der Waals surface area contributed by atoms with Crippen molar-refractivity contribution in [2.75, 3.05) is 6.61 Å². The molecule has 2 heterocycles. The second kappa shape index (κ2) is 5.16. The zero-order valence-electron chi connectivity index (χ0n) is 10.1. The molecular weight excluding hydrogens is 254 g/mol. The highest BCUT2D eigenvalue weighted by Gasteiger charge is 2.23. The van der Waals surface area contributed by atoms with Crippen molar-refractivity contribution in [3.8, 4) is 11.4 Å². The van der Waals surface area contributed by atoms with E-state index in [-0.39, 0.29) is 17.9 Å². The Morgan fingerprint density at radius 3 is 2.79 bits per heavy atom. The Morgan fingerprint density at radius 2 is 2.26 bits per heavy atom. The number of aromatic nitrogens is 5. The third-order valence-corrected chi connectivity index (χ3v) is 2.59. The Balaban J connectivity index is 2.51. The average Bonchev–Trinajstić information content (AvgIpc) is 2.95. The van der Waals surface area contributed by atoms with E-state index in [1.165, 1.54) is 17.2 Å². The Hall–Kier alpha value is -2.26. The normalized spacial score (nSPS) is 12.6. The largest absolute Gasteiger partial charge is 0.476 e. The van der Waals surface area contributed by atoms with Crippen LogP contribution in [0.4, 0.5) is 0 Å². The Morgan fingerprint density at radius 1 is 1.53 bits per heavy atom. The molecule has 19 heavy (non-hydrogen) atoms. The summed E-state index contributed by atoms with van der Waals surface area (Å²) >= 11 is 0. The van der Waals surface area contributed by atoms with E-state index in [1.54, 1.807) is 11.6 Å². The van der Waals surface area contributed by atoms with Crippen LogP contribution in [-0.4, -0.2) is 58.5 Å². The fourth-order valence-corrected chi connectivity index (χ4v) is 1.68. The molecule has 0 amide bonds. The molecule has 0 aromatic carbocycles. The molecule has 9 heteroatoms. The number of aryl methyl sites for hydroxylation is 1. The fraction of sp³-hybridized carbons (Fsp3) is 0.400. The monoisotopic (exact) mass is 267 g/mol. The van der Waals surface area contributed by atoms with Gasteiger partial charge in [-0.1, -0.05) is 5.21 Å². The topological polar surface area (TPSA) is 126 Å². The van der Waals surface area contributed by atoms with Crippen LogP contribution < -0.4 is 0 Å². The lowest BCUT2D eigenvalue weighted by Gasteiger charge is -2.10. The molecule has 0 bridgehead atoms. The fourth-order valence-electron chi connectivity index (χ4n) is 1.68. The summed E-state index contributed by atoms with van der Waals surface area (Å²) in [5, 5.41) is 34.7. The van der Waals surface area contributed by atoms with Gasteiger partial charge in [-0.2, -0.15) is 0 Å². The number of aliphatic hydroxyl groups excluding tert-OH is 2. The highest BCUT2D eigenvalue weighted by atomic mass is 16.4. The first-order valence-corrected chi connectivity index (χ1v) is 5.47. The second-order valence-electron chi connectivity index (χ2n) is 4.00. The zero-order valence-corrected chi connectivity index (χ0v) is 10.1. The van der Waals surface area contributed by atoms with Crippen LogP contribution in [-0.2, 0) is 13.6 Å². The van der Waals surface area contributed by atoms with E-state index in [2.05, 4.69) is 15.3 Å². The van der Waals surface area contributed by atoms with Gasteiger partial charge in [-0.25, -0.2) is 14.5 Å². The highest BCUT2D eigenvalue weighted by Crippen LogP contribution is 2.21. The number of nitrogens with zero attached hydrogens (tertiary/aromatic N) is 5. The SMILES string of the molecule is Cn1cncc1-c1c(C(=O)O)nnn1CC(O)CO. The number of imidazole rings is 1. The van der Waals surface area contributed by atoms with Gasteiger partial charge in [-0.3, -0.25) is 0 Å². The van der Waals surface area contributed by atoms with Crippen LogP contribution in [0.25, 0.3) is 11.4 Å². The Labute approximate surface area is 107 Å². The molecule has 1 atom stereocenters. The van der Waals surface area contributed by atoms with E-state index in [1.807, 2.05) is 0 Å². The molecule has 2 aromatic rings. The van der Waals surface area contributed by atoms with E-state index in [0.717, 1.165) is 0 Å². The third-order valence-electron chi connectivity index (χ3n) is 2.59. The molecule has 0 aliphatic rings. The molecule has 0 saturated heterocycles. The van der Waals surface area contributed by atoms with Gasteiger partial charge in [-0.05, 0) is 0 Å². The maximum Gasteiger partial charge on any atom is 0.358 e. The molecule has 0 aliphatic heterocycles. The molecule has 0 fully saturated rings. The molecule has 0 aliphatic carbocycles. The van der Waals surface area contributed by atoms with Crippen LogP contribution in [0.3, 0.4) is 0 Å². The van der Waals surface area contributed by atoms with Gasteiger partial charge in [0.25, 0.3) is 0 Å². The lowest BCUT2D eigenvalue weighted by Crippen LogP contribution is -2.21. The van der Waals surface area contributed by atoms with Gasteiger partial charge in [0.1, 0.15) is 5.69 Å². The van der Waals surface area contributed by atoms with Crippen LogP contribution in [0.1, 0.15) is 10.5 Å². The molecule has 102 valence electrons. The van der Waals surface area contributed by atoms with Crippen molar-refractivity contribution in [2.24, 2.45) is 7.05 Å². The van der Waals surface area contributed by atoms with Crippen molar-refractivity contribution >= 4 is 5.97 Å². The van der Waals surface area contributed by atoms with Crippen molar-refractivity contribution in [1.29, 1.82) is 0 Å². The first-order valence-electron chi connectivity index (χ1n) is 5.47. The summed E-state index contributed by atoms with van der Waals surface area (Å²) < 4.78 is 2.86. The number of carbonyl (C=O) groups is 1. The average molecular weight is 267 g/mol. The van der Waals surface area contributed by atoms with Gasteiger partial charge >= 0.3 is 5.97 Å². The van der Waals surface area contributed by atoms with Gasteiger partial charge in [0.05, 0.1) is 37.5 Å². The van der Waals surface area contributed by atoms with Crippen molar-refractivity contribution in [3.05, 3.63) is 18.2 Å². The van der Waals surface area contributed by atoms with Crippen molar-refractivity contribution in [3.63, 3.8) is 0 Å². The standard InChI is InChI=1S/C10H13N5O4/c1-14-5-11-2-7(14)9-8(10(18)19)12-13-15(9)3-6(17)4-16/h2,5-6,16-17H,3-4H2,1H3,(H,18,19). The van der Waals surface area contributed by atoms with Gasteiger partial charge in [0.15, 0.2) is 5.69 Å². The van der Waals surface area contributed by atoms with E-state index in [4.69, 9.17) is 10.2 Å². The number of hydrogen-bond acceptors (Lipinski definition) is 6. The number of aromatic carboxylic acids is 1. The molecule has 3 N–H and O–H groups in total. The van der Waals surface area contributed by atoms with Crippen LogP contribution in [0.2, 0.25) is 0 Å². The summed E-state index contributed by atoms with van der Waals surface area (Å²) in [4.78, 5) is 15.0. The summed E-state index contributed by atoms with van der Waals surface area (Å²) in [6.07, 6.45) is 1.95. The van der Waals surface area contributed by atoms with E-state index in [0.29, 0.717) is 5.69 Å². The van der Waals surface area contributed by atoms with Crippen LogP contribution in [0, 0.1) is 0 Å². The summed E-state index contributed by atoms with van der Waals surface area (Å²) in [6, 6.07) is 0. The number of aliphatic hydroxyl groups is 2. The van der Waals surface area contributed by atoms with Gasteiger partial charge in [0, 0.05) is 7.05 Å². The minimum atomic E-state index is -1.22. The highest BCUT2D eigenvalue weighted by molar-refractivity contribution is 5.92. The minimum Gasteiger partial charge on any atom is -0.476 e. The maximum absolute atomic E-state index is 11.1. The summed E-state index contributed by atoms with van der Waals surface area (Å²) in [5.74, 6) is -1.22. The molecule has 2 aromatic heterocycles. The van der Waals surface area contributed by atoms with Crippen molar-refractivity contribution in [2.45, 2.75) is 12.6 Å². The van der Waals surface area contributed by atoms with Crippen LogP contribution in [0.5, 0.6) is 0 Å². The van der Waals surface area contributed by atoms with Gasteiger partial charge in [0.2, 0.25) is 0 Å². The molecule has 2 rings (SSSR count). The molecule has 0 spiro atoms. The first-order chi connectivity index (χ1) is 9.04. The predicted octanol–water partition coefficient (Wildman–Crippen LogP) is -1.27. The quantitative estimate of drug-likeness (QED) is 0.616. The van der Waals surface area contributed by atoms with Crippen molar-refractivity contribution in [1.82, 2.24) is 24.5 Å². The van der Waals surface area contributed by atoms with E-state index in [9.17, 15) is 9.90 Å².